The van der Waals surface area contributed by atoms with Gasteiger partial charge in [-0.05, 0) is 56.8 Å². The Labute approximate surface area is 269 Å². The number of allylic oxidation sites excluding steroid dienone is 1. The third-order valence-corrected chi connectivity index (χ3v) is 9.50. The summed E-state index contributed by atoms with van der Waals surface area (Å²) in [6, 6.07) is 13.0. The van der Waals surface area contributed by atoms with Gasteiger partial charge >= 0.3 is 6.01 Å². The summed E-state index contributed by atoms with van der Waals surface area (Å²) >= 11 is 6.70. The van der Waals surface area contributed by atoms with Crippen molar-refractivity contribution in [3.05, 3.63) is 76.2 Å². The SMILES string of the molecule is [C-]#[N+]C[C@H]1CN(c2nc(OC[C@H](C)N(C)C3CC3)nc3c2CCN(c2cccc4cccc(Cl)c24)C3)CCN1C(=O)/C=C/CF. The number of fused-ring (bicyclic) bond motifs is 2. The minimum Gasteiger partial charge on any atom is -0.462 e. The normalized spacial score (nSPS) is 19.2. The molecule has 2 aliphatic heterocycles. The zero-order valence-electron chi connectivity index (χ0n) is 25.8. The number of hydrogen-bond donors (Lipinski definition) is 0. The Balaban J connectivity index is 1.31. The van der Waals surface area contributed by atoms with E-state index >= 15 is 0 Å². The number of anilines is 2. The number of ether oxygens (including phenoxy) is 1. The summed E-state index contributed by atoms with van der Waals surface area (Å²) in [4.78, 5) is 34.9. The van der Waals surface area contributed by atoms with Gasteiger partial charge in [0.05, 0.1) is 17.3 Å². The van der Waals surface area contributed by atoms with E-state index in [2.05, 4.69) is 57.8 Å². The van der Waals surface area contributed by atoms with E-state index in [0.717, 1.165) is 51.5 Å². The van der Waals surface area contributed by atoms with E-state index in [4.69, 9.17) is 32.9 Å². The van der Waals surface area contributed by atoms with E-state index < -0.39 is 6.67 Å². The second kappa shape index (κ2) is 13.6. The number of nitrogens with zero attached hydrogens (tertiary/aromatic N) is 7. The minimum atomic E-state index is -0.702. The Morgan fingerprint density at radius 3 is 2.76 bits per heavy atom. The monoisotopic (exact) mass is 631 g/mol. The third-order valence-electron chi connectivity index (χ3n) is 9.18. The van der Waals surface area contributed by atoms with Gasteiger partial charge in [0, 0.05) is 61.0 Å². The number of alkyl halides is 1. The van der Waals surface area contributed by atoms with Gasteiger partial charge in [-0.25, -0.2) is 11.0 Å². The molecule has 3 heterocycles. The summed E-state index contributed by atoms with van der Waals surface area (Å²) in [7, 11) is 2.14. The first-order chi connectivity index (χ1) is 21.9. The van der Waals surface area contributed by atoms with Gasteiger partial charge in [0.25, 0.3) is 0 Å². The molecule has 0 unspecified atom stereocenters. The first-order valence-corrected chi connectivity index (χ1v) is 16.0. The van der Waals surface area contributed by atoms with Gasteiger partial charge in [-0.3, -0.25) is 9.69 Å². The highest BCUT2D eigenvalue weighted by molar-refractivity contribution is 6.36. The predicted octanol–water partition coefficient (Wildman–Crippen LogP) is 5.17. The lowest BCUT2D eigenvalue weighted by atomic mass is 10.0. The van der Waals surface area contributed by atoms with E-state index in [-0.39, 0.29) is 24.5 Å². The molecule has 3 aromatic rings. The lowest BCUT2D eigenvalue weighted by Gasteiger charge is -2.41. The quantitative estimate of drug-likeness (QED) is 0.226. The van der Waals surface area contributed by atoms with Gasteiger partial charge in [-0.2, -0.15) is 9.97 Å². The van der Waals surface area contributed by atoms with Gasteiger partial charge < -0.3 is 24.3 Å². The van der Waals surface area contributed by atoms with Crippen LogP contribution in [0.25, 0.3) is 15.6 Å². The number of hydrogen-bond acceptors (Lipinski definition) is 7. The molecular weight excluding hydrogens is 593 g/mol. The maximum absolute atomic E-state index is 12.8. The molecule has 0 N–H and O–H groups in total. The second-order valence-corrected chi connectivity index (χ2v) is 12.5. The number of amides is 1. The lowest BCUT2D eigenvalue weighted by Crippen LogP contribution is -2.56. The Hall–Kier alpha value is -3.94. The van der Waals surface area contributed by atoms with Crippen LogP contribution in [0.3, 0.4) is 0 Å². The average molecular weight is 632 g/mol. The van der Waals surface area contributed by atoms with Crippen LogP contribution in [0.15, 0.2) is 48.6 Å². The van der Waals surface area contributed by atoms with Crippen LogP contribution in [0.4, 0.5) is 15.9 Å². The highest BCUT2D eigenvalue weighted by atomic mass is 35.5. The van der Waals surface area contributed by atoms with Gasteiger partial charge in [0.1, 0.15) is 25.1 Å². The van der Waals surface area contributed by atoms with Crippen molar-refractivity contribution in [2.24, 2.45) is 0 Å². The largest absolute Gasteiger partial charge is 0.462 e. The number of carbonyl (C=O) groups is 1. The third kappa shape index (κ3) is 6.70. The standard InChI is InChI=1S/C34H39ClFN7O2/c1-23(40(3)25-12-13-25)22-45-34-38-29-21-41(30-10-5-8-24-7-4-9-28(35)32(24)30)16-14-27(29)33(39-34)42-17-18-43(26(20-42)19-37-2)31(44)11-6-15-36/h4-11,23,25-26H,12-22H2,1,3H3/b11-6+/t23-,26-/m0/s1. The van der Waals surface area contributed by atoms with Gasteiger partial charge in [-0.1, -0.05) is 35.9 Å². The van der Waals surface area contributed by atoms with Crippen molar-refractivity contribution in [1.82, 2.24) is 19.8 Å². The topological polar surface area (TPSA) is 69.4 Å². The zero-order chi connectivity index (χ0) is 31.5. The van der Waals surface area contributed by atoms with E-state index in [0.29, 0.717) is 44.8 Å². The Kier molecular flexibility index (Phi) is 9.38. The van der Waals surface area contributed by atoms with Crippen molar-refractivity contribution in [2.45, 2.75) is 50.9 Å². The molecule has 236 valence electrons. The van der Waals surface area contributed by atoms with Crippen molar-refractivity contribution in [3.63, 3.8) is 0 Å². The van der Waals surface area contributed by atoms with Gasteiger partial charge in [0.15, 0.2) is 0 Å². The molecular formula is C34H39ClFN7O2. The molecule has 6 rings (SSSR count). The summed E-state index contributed by atoms with van der Waals surface area (Å²) in [6.45, 7) is 12.3. The second-order valence-electron chi connectivity index (χ2n) is 12.1. The summed E-state index contributed by atoms with van der Waals surface area (Å²) < 4.78 is 19.0. The van der Waals surface area contributed by atoms with Crippen LogP contribution in [0.2, 0.25) is 5.02 Å². The maximum atomic E-state index is 12.8. The zero-order valence-corrected chi connectivity index (χ0v) is 26.6. The number of rotatable bonds is 10. The number of halogens is 2. The average Bonchev–Trinajstić information content (AvgIpc) is 3.91. The molecule has 2 aromatic carbocycles. The fraction of sp³-hybridized carbons (Fsp3) is 0.471. The highest BCUT2D eigenvalue weighted by Crippen LogP contribution is 2.37. The lowest BCUT2D eigenvalue weighted by molar-refractivity contribution is -0.128. The number of aromatic nitrogens is 2. The molecule has 1 saturated carbocycles. The van der Waals surface area contributed by atoms with E-state index in [1.165, 1.54) is 25.0 Å². The van der Waals surface area contributed by atoms with E-state index in [9.17, 15) is 9.18 Å². The summed E-state index contributed by atoms with van der Waals surface area (Å²) in [5, 5.41) is 2.83. The number of piperazine rings is 1. The summed E-state index contributed by atoms with van der Waals surface area (Å²) in [6.07, 6.45) is 5.64. The Morgan fingerprint density at radius 1 is 1.20 bits per heavy atom. The smallest absolute Gasteiger partial charge is 0.318 e. The molecule has 2 fully saturated rings. The first-order valence-electron chi connectivity index (χ1n) is 15.7. The number of carbonyl (C=O) groups excluding carboxylic acids is 1. The van der Waals surface area contributed by atoms with Gasteiger partial charge in [-0.15, -0.1) is 0 Å². The van der Waals surface area contributed by atoms with Crippen molar-refractivity contribution in [1.29, 1.82) is 0 Å². The van der Waals surface area contributed by atoms with Crippen LogP contribution in [-0.2, 0) is 17.8 Å². The molecule has 0 bridgehead atoms. The van der Waals surface area contributed by atoms with Crippen molar-refractivity contribution < 1.29 is 13.9 Å². The highest BCUT2D eigenvalue weighted by Gasteiger charge is 2.35. The Morgan fingerprint density at radius 2 is 2.00 bits per heavy atom. The van der Waals surface area contributed by atoms with Crippen LogP contribution in [0, 0.1) is 6.57 Å². The molecule has 11 heteroatoms. The van der Waals surface area contributed by atoms with Crippen LogP contribution in [0.1, 0.15) is 31.0 Å². The van der Waals surface area contributed by atoms with E-state index in [1.807, 2.05) is 12.1 Å². The molecule has 9 nitrogen and oxygen atoms in total. The van der Waals surface area contributed by atoms with Crippen LogP contribution >= 0.6 is 11.6 Å². The molecule has 1 saturated heterocycles. The van der Waals surface area contributed by atoms with Crippen LogP contribution < -0.4 is 14.5 Å². The molecule has 3 aliphatic rings. The molecule has 1 aliphatic carbocycles. The van der Waals surface area contributed by atoms with Crippen LogP contribution in [-0.4, -0.2) is 96.9 Å². The summed E-state index contributed by atoms with van der Waals surface area (Å²) in [5.74, 6) is 0.531. The maximum Gasteiger partial charge on any atom is 0.318 e. The molecule has 0 radical (unpaired) electrons. The van der Waals surface area contributed by atoms with E-state index in [1.54, 1.807) is 4.90 Å². The van der Waals surface area contributed by atoms with Gasteiger partial charge in [0.2, 0.25) is 12.5 Å². The number of benzene rings is 2. The van der Waals surface area contributed by atoms with Crippen molar-refractivity contribution >= 4 is 39.8 Å². The Bertz CT molecular complexity index is 1620. The molecule has 1 amide bonds. The van der Waals surface area contributed by atoms with Crippen molar-refractivity contribution in [2.75, 3.05) is 62.9 Å². The predicted molar refractivity (Wildman–Crippen MR) is 176 cm³/mol. The fourth-order valence-electron chi connectivity index (χ4n) is 6.45. The molecule has 1 aromatic heterocycles. The van der Waals surface area contributed by atoms with Crippen molar-refractivity contribution in [3.8, 4) is 6.01 Å². The van der Waals surface area contributed by atoms with Crippen LogP contribution in [0.5, 0.6) is 6.01 Å². The first kappa shape index (κ1) is 31.1. The summed E-state index contributed by atoms with van der Waals surface area (Å²) in [5.41, 5.74) is 3.03. The fourth-order valence-corrected chi connectivity index (χ4v) is 6.73. The number of likely N-dealkylation sites (N-methyl/N-ethyl adjacent to an activating group) is 1. The molecule has 2 atom stereocenters. The minimum absolute atomic E-state index is 0.156. The molecule has 45 heavy (non-hydrogen) atoms. The molecule has 0 spiro atoms.